The molecule has 11 aromatic rings. The summed E-state index contributed by atoms with van der Waals surface area (Å²) in [7, 11) is 0. The molecule has 0 saturated heterocycles. The van der Waals surface area contributed by atoms with Gasteiger partial charge >= 0.3 is 0 Å². The Kier molecular flexibility index (Phi) is 9.20. The SMILES string of the molecule is c1ccc(-c2ccc(-c3ccc(N(c4ccccc4-c4cc5c6c(cccc6c4)Oc4ccccc4-5)c4ccccc4-c4cccc5cccc(-c6ccccc6)c45)cc3)cc2)cc1. The van der Waals surface area contributed by atoms with Crippen molar-refractivity contribution in [3.8, 4) is 78.3 Å². The lowest BCUT2D eigenvalue weighted by atomic mass is 9.89. The Hall–Kier alpha value is -8.46. The fraction of sp³-hybridized carbons (Fsp3) is 0. The third-order valence-corrected chi connectivity index (χ3v) is 12.7. The van der Waals surface area contributed by atoms with Crippen LogP contribution in [0.4, 0.5) is 17.1 Å². The topological polar surface area (TPSA) is 12.5 Å². The standard InChI is InChI=1S/C62H41NO/c1-3-16-42(17-4-1)43-32-34-44(35-33-43)45-36-38-50(39-37-45)63(58-29-11-8-24-53(58)55-27-14-21-47-20-13-26-52(61(47)55)46-18-5-2-6-19-46)57-28-10-7-23-51(57)49-40-48-22-15-31-60-62(48)56(41-49)54-25-9-12-30-59(54)64-60/h1-41H. The summed E-state index contributed by atoms with van der Waals surface area (Å²) in [6.07, 6.45) is 0. The van der Waals surface area contributed by atoms with Crippen molar-refractivity contribution in [3.05, 3.63) is 249 Å². The van der Waals surface area contributed by atoms with Crippen LogP contribution in [-0.2, 0) is 0 Å². The minimum absolute atomic E-state index is 0.878. The van der Waals surface area contributed by atoms with Gasteiger partial charge in [-0.05, 0) is 115 Å². The number of anilines is 3. The number of para-hydroxylation sites is 3. The second-order valence-corrected chi connectivity index (χ2v) is 16.4. The Bertz CT molecular complexity index is 3500. The molecule has 0 spiro atoms. The van der Waals surface area contributed by atoms with Crippen LogP contribution in [0.3, 0.4) is 0 Å². The van der Waals surface area contributed by atoms with Crippen molar-refractivity contribution >= 4 is 38.6 Å². The highest BCUT2D eigenvalue weighted by molar-refractivity contribution is 6.10. The highest BCUT2D eigenvalue weighted by Crippen LogP contribution is 2.51. The van der Waals surface area contributed by atoms with Crippen molar-refractivity contribution < 1.29 is 4.74 Å². The summed E-state index contributed by atoms with van der Waals surface area (Å²) >= 11 is 0. The molecule has 0 bridgehead atoms. The summed E-state index contributed by atoms with van der Waals surface area (Å²) < 4.78 is 6.45. The minimum atomic E-state index is 0.878. The van der Waals surface area contributed by atoms with Gasteiger partial charge in [0.2, 0.25) is 0 Å². The van der Waals surface area contributed by atoms with E-state index < -0.39 is 0 Å². The van der Waals surface area contributed by atoms with E-state index in [1.165, 1.54) is 49.7 Å². The summed E-state index contributed by atoms with van der Waals surface area (Å²) in [5, 5.41) is 4.73. The third-order valence-electron chi connectivity index (χ3n) is 12.7. The van der Waals surface area contributed by atoms with Gasteiger partial charge in [-0.2, -0.15) is 0 Å². The largest absolute Gasteiger partial charge is 0.456 e. The average molecular weight is 816 g/mol. The number of rotatable bonds is 8. The van der Waals surface area contributed by atoms with Gasteiger partial charge in [-0.3, -0.25) is 0 Å². The molecule has 2 nitrogen and oxygen atoms in total. The molecule has 12 rings (SSSR count). The first-order valence-electron chi connectivity index (χ1n) is 21.9. The van der Waals surface area contributed by atoms with E-state index in [0.29, 0.717) is 0 Å². The zero-order valence-corrected chi connectivity index (χ0v) is 35.0. The predicted molar refractivity (Wildman–Crippen MR) is 269 cm³/mol. The predicted octanol–water partition coefficient (Wildman–Crippen LogP) is 17.6. The lowest BCUT2D eigenvalue weighted by molar-refractivity contribution is 0.487. The van der Waals surface area contributed by atoms with Gasteiger partial charge in [0, 0.05) is 27.8 Å². The quantitative estimate of drug-likeness (QED) is 0.151. The van der Waals surface area contributed by atoms with Gasteiger partial charge in [0.15, 0.2) is 0 Å². The zero-order valence-electron chi connectivity index (χ0n) is 35.0. The van der Waals surface area contributed by atoms with Crippen LogP contribution >= 0.6 is 0 Å². The minimum Gasteiger partial charge on any atom is -0.456 e. The van der Waals surface area contributed by atoms with E-state index in [9.17, 15) is 0 Å². The van der Waals surface area contributed by atoms with Crippen LogP contribution in [0.5, 0.6) is 11.5 Å². The Morgan fingerprint density at radius 1 is 0.250 bits per heavy atom. The smallest absolute Gasteiger partial charge is 0.135 e. The maximum absolute atomic E-state index is 6.45. The molecule has 11 aromatic carbocycles. The normalized spacial score (nSPS) is 11.6. The highest BCUT2D eigenvalue weighted by atomic mass is 16.5. The van der Waals surface area contributed by atoms with E-state index in [-0.39, 0.29) is 0 Å². The zero-order chi connectivity index (χ0) is 42.4. The molecule has 0 aromatic heterocycles. The Morgan fingerprint density at radius 3 is 1.44 bits per heavy atom. The van der Waals surface area contributed by atoms with Crippen LogP contribution in [0.25, 0.3) is 88.3 Å². The van der Waals surface area contributed by atoms with Gasteiger partial charge in [0.05, 0.1) is 11.4 Å². The summed E-state index contributed by atoms with van der Waals surface area (Å²) in [5.74, 6) is 1.77. The number of ether oxygens (including phenoxy) is 1. The van der Waals surface area contributed by atoms with Gasteiger partial charge in [-0.1, -0.05) is 200 Å². The first-order chi connectivity index (χ1) is 31.7. The van der Waals surface area contributed by atoms with Crippen LogP contribution in [0.15, 0.2) is 249 Å². The van der Waals surface area contributed by atoms with Gasteiger partial charge in [-0.15, -0.1) is 0 Å². The van der Waals surface area contributed by atoms with E-state index in [2.05, 4.69) is 248 Å². The lowest BCUT2D eigenvalue weighted by Crippen LogP contribution is -2.12. The Balaban J connectivity index is 1.06. The molecule has 0 amide bonds. The number of hydrogen-bond donors (Lipinski definition) is 0. The maximum Gasteiger partial charge on any atom is 0.135 e. The molecule has 300 valence electrons. The average Bonchev–Trinajstić information content (AvgIpc) is 3.37. The molecule has 0 atom stereocenters. The molecule has 0 aliphatic carbocycles. The van der Waals surface area contributed by atoms with Crippen molar-refractivity contribution in [1.82, 2.24) is 0 Å². The van der Waals surface area contributed by atoms with E-state index in [1.807, 2.05) is 6.07 Å². The molecule has 64 heavy (non-hydrogen) atoms. The first kappa shape index (κ1) is 37.3. The van der Waals surface area contributed by atoms with Crippen molar-refractivity contribution in [1.29, 1.82) is 0 Å². The lowest BCUT2D eigenvalue weighted by Gasteiger charge is -2.31. The molecular formula is C62H41NO. The second kappa shape index (κ2) is 15.8. The fourth-order valence-corrected chi connectivity index (χ4v) is 9.67. The van der Waals surface area contributed by atoms with Crippen LogP contribution < -0.4 is 9.64 Å². The molecule has 1 aliphatic heterocycles. The van der Waals surface area contributed by atoms with Crippen molar-refractivity contribution in [2.45, 2.75) is 0 Å². The summed E-state index contributed by atoms with van der Waals surface area (Å²) in [5.41, 5.74) is 17.3. The number of fused-ring (bicyclic) bond motifs is 3. The van der Waals surface area contributed by atoms with Crippen molar-refractivity contribution in [2.24, 2.45) is 0 Å². The van der Waals surface area contributed by atoms with Crippen LogP contribution in [0.1, 0.15) is 0 Å². The van der Waals surface area contributed by atoms with Gasteiger partial charge < -0.3 is 9.64 Å². The molecule has 2 heteroatoms. The van der Waals surface area contributed by atoms with Crippen LogP contribution in [0.2, 0.25) is 0 Å². The molecular weight excluding hydrogens is 775 g/mol. The fourth-order valence-electron chi connectivity index (χ4n) is 9.67. The van der Waals surface area contributed by atoms with Gasteiger partial charge in [-0.25, -0.2) is 0 Å². The monoisotopic (exact) mass is 815 g/mol. The molecule has 0 radical (unpaired) electrons. The van der Waals surface area contributed by atoms with Crippen LogP contribution in [-0.4, -0.2) is 0 Å². The Labute approximate surface area is 373 Å². The number of hydrogen-bond acceptors (Lipinski definition) is 2. The van der Waals surface area contributed by atoms with Gasteiger partial charge in [0.1, 0.15) is 11.5 Å². The van der Waals surface area contributed by atoms with Crippen molar-refractivity contribution in [3.63, 3.8) is 0 Å². The third kappa shape index (κ3) is 6.52. The van der Waals surface area contributed by atoms with E-state index in [0.717, 1.165) is 67.2 Å². The summed E-state index contributed by atoms with van der Waals surface area (Å²) in [6, 6.07) is 89.8. The van der Waals surface area contributed by atoms with Gasteiger partial charge in [0.25, 0.3) is 0 Å². The first-order valence-corrected chi connectivity index (χ1v) is 21.9. The molecule has 0 saturated carbocycles. The molecule has 0 fully saturated rings. The maximum atomic E-state index is 6.45. The van der Waals surface area contributed by atoms with E-state index in [4.69, 9.17) is 4.74 Å². The summed E-state index contributed by atoms with van der Waals surface area (Å²) in [6.45, 7) is 0. The van der Waals surface area contributed by atoms with Crippen LogP contribution in [0, 0.1) is 0 Å². The second-order valence-electron chi connectivity index (χ2n) is 16.4. The molecule has 0 N–H and O–H groups in total. The van der Waals surface area contributed by atoms with E-state index in [1.54, 1.807) is 0 Å². The highest BCUT2D eigenvalue weighted by Gasteiger charge is 2.25. The van der Waals surface area contributed by atoms with E-state index >= 15 is 0 Å². The molecule has 1 aliphatic rings. The number of nitrogens with zero attached hydrogens (tertiary/aromatic N) is 1. The summed E-state index contributed by atoms with van der Waals surface area (Å²) in [4.78, 5) is 2.46. The Morgan fingerprint density at radius 2 is 0.734 bits per heavy atom. The van der Waals surface area contributed by atoms with Crippen molar-refractivity contribution in [2.75, 3.05) is 4.90 Å². The molecule has 1 heterocycles. The number of benzene rings is 11. The molecule has 0 unspecified atom stereocenters.